The van der Waals surface area contributed by atoms with Crippen LogP contribution in [0.3, 0.4) is 0 Å². The molecular formula is C10H12NO4. The molecule has 0 atom stereocenters. The third-order valence-electron chi connectivity index (χ3n) is 1.73. The Balaban J connectivity index is 2.94. The Kier molecular flexibility index (Phi) is 3.79. The summed E-state index contributed by atoms with van der Waals surface area (Å²) in [7, 11) is 2.98. The highest BCUT2D eigenvalue weighted by Crippen LogP contribution is 2.36. The summed E-state index contributed by atoms with van der Waals surface area (Å²) in [5, 5.41) is 0. The lowest BCUT2D eigenvalue weighted by molar-refractivity contribution is -0.120. The van der Waals surface area contributed by atoms with Crippen LogP contribution in [0.25, 0.3) is 0 Å². The molecule has 1 N–H and O–H groups in total. The Labute approximate surface area is 87.7 Å². The molecule has 81 valence electrons. The van der Waals surface area contributed by atoms with Gasteiger partial charge >= 0.3 is 0 Å². The van der Waals surface area contributed by atoms with Gasteiger partial charge in [0, 0.05) is 0 Å². The van der Waals surface area contributed by atoms with Crippen LogP contribution in [0.1, 0.15) is 0 Å². The first-order chi connectivity index (χ1) is 7.19. The normalized spacial score (nSPS) is 9.47. The molecule has 0 aliphatic heterocycles. The van der Waals surface area contributed by atoms with E-state index in [9.17, 15) is 4.79 Å². The zero-order chi connectivity index (χ0) is 11.3. The van der Waals surface area contributed by atoms with Gasteiger partial charge in [-0.05, 0) is 12.1 Å². The SMILES string of the molecule is COc1cccc(OC)c1OCC([NH])=O. The van der Waals surface area contributed by atoms with Gasteiger partial charge in [0.2, 0.25) is 5.75 Å². The van der Waals surface area contributed by atoms with Crippen LogP contribution in [0.5, 0.6) is 17.2 Å². The van der Waals surface area contributed by atoms with E-state index in [1.54, 1.807) is 18.2 Å². The molecule has 0 saturated carbocycles. The van der Waals surface area contributed by atoms with Crippen molar-refractivity contribution in [2.75, 3.05) is 20.8 Å². The first-order valence-electron chi connectivity index (χ1n) is 4.27. The molecule has 0 aromatic heterocycles. The van der Waals surface area contributed by atoms with Gasteiger partial charge in [0.05, 0.1) is 14.2 Å². The molecule has 1 aromatic carbocycles. The van der Waals surface area contributed by atoms with Gasteiger partial charge in [0.1, 0.15) is 0 Å². The number of nitrogens with one attached hydrogen (secondary N) is 1. The molecule has 15 heavy (non-hydrogen) atoms. The maximum Gasteiger partial charge on any atom is 0.276 e. The summed E-state index contributed by atoms with van der Waals surface area (Å²) in [5.74, 6) is 0.470. The molecule has 1 radical (unpaired) electrons. The van der Waals surface area contributed by atoms with E-state index in [4.69, 9.17) is 19.9 Å². The second-order valence-electron chi connectivity index (χ2n) is 2.70. The van der Waals surface area contributed by atoms with Crippen LogP contribution in [0.4, 0.5) is 0 Å². The minimum absolute atomic E-state index is 0.323. The van der Waals surface area contributed by atoms with Crippen molar-refractivity contribution in [2.24, 2.45) is 0 Å². The van der Waals surface area contributed by atoms with E-state index in [1.807, 2.05) is 0 Å². The molecule has 0 aliphatic rings. The molecule has 0 spiro atoms. The standard InChI is InChI=1S/C10H12NO4/c1-13-7-4-3-5-8(14-2)10(7)15-6-9(11)12/h3-5,11H,6H2,1-2H3. The summed E-state index contributed by atoms with van der Waals surface area (Å²) < 4.78 is 15.2. The van der Waals surface area contributed by atoms with E-state index in [1.165, 1.54) is 14.2 Å². The maximum atomic E-state index is 10.5. The number of amides is 1. The molecule has 0 saturated heterocycles. The number of hydrogen-bond donors (Lipinski definition) is 0. The molecular weight excluding hydrogens is 198 g/mol. The summed E-state index contributed by atoms with van der Waals surface area (Å²) >= 11 is 0. The van der Waals surface area contributed by atoms with E-state index in [0.717, 1.165) is 0 Å². The van der Waals surface area contributed by atoms with Gasteiger partial charge in [-0.3, -0.25) is 10.5 Å². The lowest BCUT2D eigenvalue weighted by Gasteiger charge is -2.12. The molecule has 5 nitrogen and oxygen atoms in total. The Bertz CT molecular complexity index is 329. The molecule has 5 heteroatoms. The smallest absolute Gasteiger partial charge is 0.276 e. The molecule has 1 amide bonds. The fourth-order valence-corrected chi connectivity index (χ4v) is 1.10. The monoisotopic (exact) mass is 210 g/mol. The summed E-state index contributed by atoms with van der Waals surface area (Å²) in [6.45, 7) is -0.323. The zero-order valence-corrected chi connectivity index (χ0v) is 8.57. The topological polar surface area (TPSA) is 68.6 Å². The van der Waals surface area contributed by atoms with Crippen molar-refractivity contribution < 1.29 is 19.0 Å². The third-order valence-corrected chi connectivity index (χ3v) is 1.73. The van der Waals surface area contributed by atoms with Crippen LogP contribution in [0, 0.1) is 0 Å². The quantitative estimate of drug-likeness (QED) is 0.723. The molecule has 1 rings (SSSR count). The van der Waals surface area contributed by atoms with Crippen LogP contribution in [-0.2, 0) is 4.79 Å². The van der Waals surface area contributed by atoms with Gasteiger partial charge in [-0.25, -0.2) is 0 Å². The van der Waals surface area contributed by atoms with Crippen molar-refractivity contribution in [1.29, 1.82) is 0 Å². The number of para-hydroxylation sites is 1. The van der Waals surface area contributed by atoms with Crippen LogP contribution in [-0.4, -0.2) is 26.7 Å². The van der Waals surface area contributed by atoms with E-state index >= 15 is 0 Å². The number of methoxy groups -OCH3 is 2. The Morgan fingerprint density at radius 1 is 1.27 bits per heavy atom. The number of ether oxygens (including phenoxy) is 3. The fourth-order valence-electron chi connectivity index (χ4n) is 1.10. The van der Waals surface area contributed by atoms with Gasteiger partial charge in [-0.2, -0.15) is 0 Å². The number of carbonyl (C=O) groups excluding carboxylic acids is 1. The zero-order valence-electron chi connectivity index (χ0n) is 8.57. The van der Waals surface area contributed by atoms with Crippen molar-refractivity contribution in [2.45, 2.75) is 0 Å². The highest BCUT2D eigenvalue weighted by molar-refractivity contribution is 5.74. The van der Waals surface area contributed by atoms with Gasteiger partial charge in [0.25, 0.3) is 5.91 Å². The second-order valence-corrected chi connectivity index (χ2v) is 2.70. The van der Waals surface area contributed by atoms with Crippen molar-refractivity contribution in [1.82, 2.24) is 5.73 Å². The second kappa shape index (κ2) is 5.09. The largest absolute Gasteiger partial charge is 0.493 e. The lowest BCUT2D eigenvalue weighted by atomic mass is 10.3. The van der Waals surface area contributed by atoms with Crippen LogP contribution < -0.4 is 19.9 Å². The van der Waals surface area contributed by atoms with Crippen molar-refractivity contribution in [3.05, 3.63) is 18.2 Å². The van der Waals surface area contributed by atoms with Gasteiger partial charge in [-0.15, -0.1) is 0 Å². The summed E-state index contributed by atoms with van der Waals surface area (Å²) in [6.07, 6.45) is 0. The summed E-state index contributed by atoms with van der Waals surface area (Å²) in [4.78, 5) is 10.5. The van der Waals surface area contributed by atoms with Gasteiger partial charge in [-0.1, -0.05) is 6.07 Å². The van der Waals surface area contributed by atoms with Gasteiger partial charge < -0.3 is 14.2 Å². The maximum absolute atomic E-state index is 10.5. The van der Waals surface area contributed by atoms with Crippen LogP contribution in [0.2, 0.25) is 0 Å². The molecule has 0 aliphatic carbocycles. The van der Waals surface area contributed by atoms with E-state index in [2.05, 4.69) is 0 Å². The Hall–Kier alpha value is -1.91. The number of carbonyl (C=O) groups is 1. The average molecular weight is 210 g/mol. The molecule has 1 aromatic rings. The average Bonchev–Trinajstić information content (AvgIpc) is 2.25. The summed E-state index contributed by atoms with van der Waals surface area (Å²) in [5.41, 5.74) is 6.74. The first kappa shape index (κ1) is 11.2. The molecule has 0 unspecified atom stereocenters. The predicted molar refractivity (Wildman–Crippen MR) is 53.1 cm³/mol. The minimum Gasteiger partial charge on any atom is -0.493 e. The number of benzene rings is 1. The highest BCUT2D eigenvalue weighted by Gasteiger charge is 2.11. The first-order valence-corrected chi connectivity index (χ1v) is 4.27. The number of hydrogen-bond acceptors (Lipinski definition) is 4. The highest BCUT2D eigenvalue weighted by atomic mass is 16.5. The molecule has 0 bridgehead atoms. The van der Waals surface area contributed by atoms with E-state index < -0.39 is 5.91 Å². The van der Waals surface area contributed by atoms with E-state index in [0.29, 0.717) is 17.2 Å². The Morgan fingerprint density at radius 3 is 2.20 bits per heavy atom. The van der Waals surface area contributed by atoms with Crippen molar-refractivity contribution in [3.8, 4) is 17.2 Å². The fraction of sp³-hybridized carbons (Fsp3) is 0.300. The number of rotatable bonds is 5. The van der Waals surface area contributed by atoms with Crippen molar-refractivity contribution in [3.63, 3.8) is 0 Å². The van der Waals surface area contributed by atoms with Crippen LogP contribution in [0.15, 0.2) is 18.2 Å². The van der Waals surface area contributed by atoms with Crippen LogP contribution >= 0.6 is 0 Å². The molecule has 0 fully saturated rings. The lowest BCUT2D eigenvalue weighted by Crippen LogP contribution is -2.12. The summed E-state index contributed by atoms with van der Waals surface area (Å²) in [6, 6.07) is 5.12. The third kappa shape index (κ3) is 2.77. The van der Waals surface area contributed by atoms with Crippen molar-refractivity contribution >= 4 is 5.91 Å². The molecule has 0 heterocycles. The predicted octanol–water partition coefficient (Wildman–Crippen LogP) is 0.892. The van der Waals surface area contributed by atoms with Gasteiger partial charge in [0.15, 0.2) is 18.1 Å². The van der Waals surface area contributed by atoms with E-state index in [-0.39, 0.29) is 6.61 Å². The Morgan fingerprint density at radius 2 is 1.80 bits per heavy atom. The minimum atomic E-state index is -0.803.